The van der Waals surface area contributed by atoms with Crippen LogP contribution in [-0.4, -0.2) is 54.0 Å². The average Bonchev–Trinajstić information content (AvgIpc) is 3.17. The second kappa shape index (κ2) is 7.67. The molecule has 1 N–H and O–H groups in total. The van der Waals surface area contributed by atoms with Crippen LogP contribution >= 0.6 is 11.6 Å². The number of nitrogens with zero attached hydrogens (tertiary/aromatic N) is 4. The van der Waals surface area contributed by atoms with Gasteiger partial charge < -0.3 is 15.0 Å². The lowest BCUT2D eigenvalue weighted by Crippen LogP contribution is -2.32. The van der Waals surface area contributed by atoms with Crippen molar-refractivity contribution in [3.05, 3.63) is 16.3 Å². The maximum atomic E-state index is 9.42. The molecule has 2 aliphatic heterocycles. The van der Waals surface area contributed by atoms with Gasteiger partial charge in [-0.2, -0.15) is 5.26 Å². The van der Waals surface area contributed by atoms with Crippen molar-refractivity contribution in [2.75, 3.05) is 38.2 Å². The fourth-order valence-electron chi connectivity index (χ4n) is 4.89. The number of ether oxygens (including phenoxy) is 1. The topological polar surface area (TPSA) is 74.1 Å². The van der Waals surface area contributed by atoms with Crippen molar-refractivity contribution in [1.82, 2.24) is 15.1 Å². The minimum atomic E-state index is 0.305. The van der Waals surface area contributed by atoms with Crippen LogP contribution in [0.1, 0.15) is 36.8 Å². The van der Waals surface area contributed by atoms with E-state index in [1.54, 1.807) is 0 Å². The molecule has 1 aromatic rings. The predicted molar refractivity (Wildman–Crippen MR) is 100 cm³/mol. The van der Waals surface area contributed by atoms with Crippen molar-refractivity contribution in [3.63, 3.8) is 0 Å². The van der Waals surface area contributed by atoms with Crippen molar-refractivity contribution >= 4 is 17.4 Å². The van der Waals surface area contributed by atoms with Gasteiger partial charge in [0.25, 0.3) is 0 Å². The highest BCUT2D eigenvalue weighted by Crippen LogP contribution is 2.40. The summed E-state index contributed by atoms with van der Waals surface area (Å²) in [5, 5.41) is 21.3. The Balaban J connectivity index is 1.32. The molecule has 3 fully saturated rings. The second-order valence-corrected chi connectivity index (χ2v) is 8.42. The van der Waals surface area contributed by atoms with Crippen LogP contribution in [0.2, 0.25) is 5.15 Å². The van der Waals surface area contributed by atoms with Crippen molar-refractivity contribution in [1.29, 1.82) is 5.26 Å². The van der Waals surface area contributed by atoms with E-state index in [0.29, 0.717) is 28.1 Å². The van der Waals surface area contributed by atoms with E-state index in [1.807, 2.05) is 6.92 Å². The normalized spacial score (nSPS) is 29.5. The van der Waals surface area contributed by atoms with Crippen LogP contribution in [0.3, 0.4) is 0 Å². The fraction of sp³-hybridized carbons (Fsp3) is 0.737. The van der Waals surface area contributed by atoms with Gasteiger partial charge in [-0.05, 0) is 50.4 Å². The highest BCUT2D eigenvalue weighted by atomic mass is 35.5. The number of fused-ring (bicyclic) bond motifs is 1. The third kappa shape index (κ3) is 3.66. The van der Waals surface area contributed by atoms with Crippen LogP contribution in [0.25, 0.3) is 0 Å². The lowest BCUT2D eigenvalue weighted by atomic mass is 10.00. The Morgan fingerprint density at radius 2 is 1.92 bits per heavy atom. The fourth-order valence-corrected chi connectivity index (χ4v) is 5.02. The van der Waals surface area contributed by atoms with Crippen LogP contribution in [0.15, 0.2) is 0 Å². The van der Waals surface area contributed by atoms with E-state index in [4.69, 9.17) is 16.3 Å². The molecular formula is C19H26ClN5O. The minimum absolute atomic E-state index is 0.305. The second-order valence-electron chi connectivity index (χ2n) is 8.06. The molecule has 2 saturated heterocycles. The Bertz CT molecular complexity index is 686. The molecule has 1 unspecified atom stereocenters. The van der Waals surface area contributed by atoms with E-state index in [2.05, 4.69) is 26.5 Å². The van der Waals surface area contributed by atoms with Gasteiger partial charge in [0.1, 0.15) is 11.6 Å². The molecule has 0 amide bonds. The summed E-state index contributed by atoms with van der Waals surface area (Å²) in [5.41, 5.74) is 1.22. The van der Waals surface area contributed by atoms with Gasteiger partial charge in [-0.15, -0.1) is 10.2 Å². The third-order valence-corrected chi connectivity index (χ3v) is 6.65. The summed E-state index contributed by atoms with van der Waals surface area (Å²) in [5.74, 6) is 2.89. The van der Waals surface area contributed by atoms with Crippen molar-refractivity contribution in [2.24, 2.45) is 17.8 Å². The monoisotopic (exact) mass is 375 g/mol. The van der Waals surface area contributed by atoms with Crippen LogP contribution in [0.4, 0.5) is 5.82 Å². The standard InChI is InChI=1S/C19H26ClN5O/c1-12-17(8-21)19(24-23-18(12)20)22-16-6-14-10-25(11-15(14)7-16)9-13-2-4-26-5-3-13/h13-16H,2-7,9-11H2,1H3,(H,22,24)/t14-,15+,16?. The number of hydrogen-bond acceptors (Lipinski definition) is 6. The lowest BCUT2D eigenvalue weighted by Gasteiger charge is -2.27. The first-order valence-corrected chi connectivity index (χ1v) is 10.0. The van der Waals surface area contributed by atoms with Gasteiger partial charge in [0.2, 0.25) is 0 Å². The van der Waals surface area contributed by atoms with Gasteiger partial charge in [-0.25, -0.2) is 0 Å². The zero-order valence-electron chi connectivity index (χ0n) is 15.2. The first-order chi connectivity index (χ1) is 12.6. The number of aromatic nitrogens is 2. The SMILES string of the molecule is Cc1c(Cl)nnc(NC2C[C@@H]3CN(CC4CCOCC4)C[C@@H]3C2)c1C#N. The molecule has 6 nitrogen and oxygen atoms in total. The Morgan fingerprint density at radius 3 is 2.58 bits per heavy atom. The first kappa shape index (κ1) is 18.0. The zero-order valence-corrected chi connectivity index (χ0v) is 16.0. The van der Waals surface area contributed by atoms with Crippen LogP contribution < -0.4 is 5.32 Å². The van der Waals surface area contributed by atoms with Gasteiger partial charge >= 0.3 is 0 Å². The van der Waals surface area contributed by atoms with E-state index in [9.17, 15) is 5.26 Å². The molecule has 0 bridgehead atoms. The molecule has 0 radical (unpaired) electrons. The molecule has 3 heterocycles. The Hall–Kier alpha value is -1.42. The van der Waals surface area contributed by atoms with E-state index in [0.717, 1.165) is 43.8 Å². The molecule has 1 saturated carbocycles. The molecule has 1 aliphatic carbocycles. The van der Waals surface area contributed by atoms with Crippen LogP contribution in [0, 0.1) is 36.0 Å². The van der Waals surface area contributed by atoms with Gasteiger partial charge in [0.05, 0.1) is 0 Å². The Kier molecular flexibility index (Phi) is 5.30. The number of rotatable bonds is 4. The first-order valence-electron chi connectivity index (χ1n) is 9.63. The smallest absolute Gasteiger partial charge is 0.167 e. The Labute approximate surface area is 159 Å². The number of nitriles is 1. The van der Waals surface area contributed by atoms with Crippen molar-refractivity contribution < 1.29 is 4.74 Å². The molecule has 0 spiro atoms. The highest BCUT2D eigenvalue weighted by Gasteiger charge is 2.41. The number of likely N-dealkylation sites (tertiary alicyclic amines) is 1. The third-order valence-electron chi connectivity index (χ3n) is 6.30. The maximum Gasteiger partial charge on any atom is 0.167 e. The maximum absolute atomic E-state index is 9.42. The van der Waals surface area contributed by atoms with Crippen molar-refractivity contribution in [2.45, 2.75) is 38.6 Å². The van der Waals surface area contributed by atoms with Crippen LogP contribution in [0.5, 0.6) is 0 Å². The zero-order chi connectivity index (χ0) is 18.1. The molecule has 3 aliphatic rings. The quantitative estimate of drug-likeness (QED) is 0.872. The molecule has 1 aromatic heterocycles. The van der Waals surface area contributed by atoms with Crippen LogP contribution in [-0.2, 0) is 4.74 Å². The summed E-state index contributed by atoms with van der Waals surface area (Å²) >= 11 is 5.99. The molecule has 3 atom stereocenters. The highest BCUT2D eigenvalue weighted by molar-refractivity contribution is 6.30. The predicted octanol–water partition coefficient (Wildman–Crippen LogP) is 2.86. The summed E-state index contributed by atoms with van der Waals surface area (Å²) in [4.78, 5) is 2.66. The lowest BCUT2D eigenvalue weighted by molar-refractivity contribution is 0.0545. The summed E-state index contributed by atoms with van der Waals surface area (Å²) in [6.45, 7) is 7.32. The number of hydrogen-bond donors (Lipinski definition) is 1. The summed E-state index contributed by atoms with van der Waals surface area (Å²) < 4.78 is 5.48. The van der Waals surface area contributed by atoms with Gasteiger partial charge in [0.15, 0.2) is 11.0 Å². The largest absolute Gasteiger partial charge is 0.381 e. The molecule has 26 heavy (non-hydrogen) atoms. The van der Waals surface area contributed by atoms with Crippen molar-refractivity contribution in [3.8, 4) is 6.07 Å². The summed E-state index contributed by atoms with van der Waals surface area (Å²) in [6.07, 6.45) is 4.70. The number of anilines is 1. The van der Waals surface area contributed by atoms with E-state index >= 15 is 0 Å². The van der Waals surface area contributed by atoms with E-state index < -0.39 is 0 Å². The van der Waals surface area contributed by atoms with Gasteiger partial charge in [0, 0.05) is 44.5 Å². The van der Waals surface area contributed by atoms with E-state index in [1.165, 1.54) is 32.5 Å². The molecule has 7 heteroatoms. The molecule has 0 aromatic carbocycles. The summed E-state index contributed by atoms with van der Waals surface area (Å²) in [6, 6.07) is 2.59. The van der Waals surface area contributed by atoms with Gasteiger partial charge in [-0.1, -0.05) is 11.6 Å². The summed E-state index contributed by atoms with van der Waals surface area (Å²) in [7, 11) is 0. The Morgan fingerprint density at radius 1 is 1.23 bits per heavy atom. The minimum Gasteiger partial charge on any atom is -0.381 e. The number of nitrogens with one attached hydrogen (secondary N) is 1. The molecule has 140 valence electrons. The molecule has 4 rings (SSSR count). The number of halogens is 1. The average molecular weight is 376 g/mol. The van der Waals surface area contributed by atoms with E-state index in [-0.39, 0.29) is 0 Å². The van der Waals surface area contributed by atoms with Gasteiger partial charge in [-0.3, -0.25) is 0 Å². The molecular weight excluding hydrogens is 350 g/mol.